The highest BCUT2D eigenvalue weighted by Gasteiger charge is 2.77. The van der Waals surface area contributed by atoms with E-state index in [1.165, 1.54) is 6.92 Å². The van der Waals surface area contributed by atoms with E-state index in [-0.39, 0.29) is 36.2 Å². The first kappa shape index (κ1) is 42.0. The van der Waals surface area contributed by atoms with Crippen molar-refractivity contribution in [3.63, 3.8) is 0 Å². The van der Waals surface area contributed by atoms with E-state index in [0.29, 0.717) is 28.7 Å². The molecule has 59 heavy (non-hydrogen) atoms. The normalized spacial score (nSPS) is 33.0. The Balaban J connectivity index is 1.34. The van der Waals surface area contributed by atoms with Gasteiger partial charge in [0.15, 0.2) is 5.60 Å². The third kappa shape index (κ3) is 6.80. The Morgan fingerprint density at radius 3 is 2.00 bits per heavy atom. The van der Waals surface area contributed by atoms with E-state index in [0.717, 1.165) is 0 Å². The van der Waals surface area contributed by atoms with Gasteiger partial charge in [-0.3, -0.25) is 19.2 Å². The SMILES string of the molecule is CC(=O)O[C@]12COC1C[C@H](C)[C@@]1(C)C(=O)[C@H](C)C3=C(C)[C@H](OC(=O)[C@@H](C)[C@H](NC(=O)c4ccccc4)c4ccccc4)C[C@@](O)([C@H](OC(=O)c4ccccc4)[C@H]12)C3(C)C. The van der Waals surface area contributed by atoms with Crippen molar-refractivity contribution in [3.05, 3.63) is 119 Å². The van der Waals surface area contributed by atoms with Crippen LogP contribution < -0.4 is 5.32 Å². The largest absolute Gasteiger partial charge is 0.457 e. The number of carbonyl (C=O) groups is 5. The summed E-state index contributed by atoms with van der Waals surface area (Å²) < 4.78 is 25.3. The monoisotopic (exact) mass is 805 g/mol. The van der Waals surface area contributed by atoms with Gasteiger partial charge in [0.2, 0.25) is 0 Å². The second-order valence-corrected chi connectivity index (χ2v) is 17.8. The fraction of sp³-hybridized carbons (Fsp3) is 0.479. The van der Waals surface area contributed by atoms with Crippen molar-refractivity contribution in [2.24, 2.45) is 34.5 Å². The summed E-state index contributed by atoms with van der Waals surface area (Å²) in [5.74, 6) is -5.59. The predicted octanol–water partition coefficient (Wildman–Crippen LogP) is 6.99. The van der Waals surface area contributed by atoms with Gasteiger partial charge in [-0.05, 0) is 67.2 Å². The van der Waals surface area contributed by atoms with Gasteiger partial charge in [0, 0.05) is 35.7 Å². The zero-order valence-electron chi connectivity index (χ0n) is 35.0. The van der Waals surface area contributed by atoms with Gasteiger partial charge in [0.1, 0.15) is 29.7 Å². The van der Waals surface area contributed by atoms with Crippen molar-refractivity contribution in [1.29, 1.82) is 0 Å². The molecule has 2 N–H and O–H groups in total. The van der Waals surface area contributed by atoms with Crippen LogP contribution >= 0.6 is 0 Å². The lowest BCUT2D eigenvalue weighted by Crippen LogP contribution is -2.80. The molecule has 1 unspecified atom stereocenters. The average Bonchev–Trinajstić information content (AvgIpc) is 3.21. The molecule has 1 saturated heterocycles. The predicted molar refractivity (Wildman–Crippen MR) is 218 cm³/mol. The van der Waals surface area contributed by atoms with Crippen LogP contribution in [-0.4, -0.2) is 70.8 Å². The number of hydrogen-bond donors (Lipinski definition) is 2. The summed E-state index contributed by atoms with van der Waals surface area (Å²) in [5.41, 5.74) is -3.37. The van der Waals surface area contributed by atoms with Crippen molar-refractivity contribution < 1.29 is 48.0 Å². The van der Waals surface area contributed by atoms with Crippen LogP contribution in [0.25, 0.3) is 0 Å². The molecule has 2 saturated carbocycles. The molecule has 0 spiro atoms. The molecule has 3 aromatic carbocycles. The first-order valence-electron chi connectivity index (χ1n) is 20.5. The van der Waals surface area contributed by atoms with Crippen LogP contribution in [-0.2, 0) is 33.3 Å². The third-order valence-corrected chi connectivity index (χ3v) is 14.3. The Kier molecular flexibility index (Phi) is 11.0. The number of amides is 1. The van der Waals surface area contributed by atoms with Crippen LogP contribution in [0, 0.1) is 34.5 Å². The number of carbonyl (C=O) groups excluding carboxylic acids is 5. The van der Waals surface area contributed by atoms with Gasteiger partial charge in [0.25, 0.3) is 5.91 Å². The number of benzene rings is 3. The molecular weight excluding hydrogens is 751 g/mol. The molecule has 11 atom stereocenters. The standard InChI is InChI=1S/C48H55NO10/c1-27-24-36-47(26-56-36,59-31(5)50)39-41(58-44(54)34-22-16-11-17-23-34)48(55)25-35(28(2)37(45(48,6)7)29(3)40(51)46(27,39)8)57-43(53)30(4)38(32-18-12-9-13-19-32)49-42(52)33-20-14-10-15-21-33/h9-23,27,29-30,35-36,38-39,41,55H,24-26H2,1-8H3,(H,49,52)/t27-,29+,30-,35+,36?,38-,39+,41+,46+,47+,48+/m0/s1. The number of Topliss-reactive ketones (excluding diaryl/α,β-unsaturated/α-hetero) is 1. The molecule has 3 fully saturated rings. The van der Waals surface area contributed by atoms with E-state index in [1.807, 2.05) is 77.9 Å². The maximum absolute atomic E-state index is 15.4. The summed E-state index contributed by atoms with van der Waals surface area (Å²) in [6.45, 7) is 14.0. The van der Waals surface area contributed by atoms with Crippen LogP contribution in [0.5, 0.6) is 0 Å². The van der Waals surface area contributed by atoms with Gasteiger partial charge < -0.3 is 29.4 Å². The quantitative estimate of drug-likeness (QED) is 0.131. The first-order valence-corrected chi connectivity index (χ1v) is 20.5. The lowest BCUT2D eigenvalue weighted by atomic mass is 9.42. The summed E-state index contributed by atoms with van der Waals surface area (Å²) >= 11 is 0. The fourth-order valence-corrected chi connectivity index (χ4v) is 10.9. The fourth-order valence-electron chi connectivity index (χ4n) is 10.9. The minimum Gasteiger partial charge on any atom is -0.457 e. The molecule has 0 aromatic heterocycles. The van der Waals surface area contributed by atoms with Crippen molar-refractivity contribution in [3.8, 4) is 0 Å². The number of ether oxygens (including phenoxy) is 4. The Hall–Kier alpha value is -5.13. The van der Waals surface area contributed by atoms with Gasteiger partial charge in [-0.1, -0.05) is 101 Å². The molecular formula is C48H55NO10. The maximum atomic E-state index is 15.4. The first-order chi connectivity index (χ1) is 27.9. The number of rotatable bonds is 9. The molecule has 4 aliphatic rings. The minimum atomic E-state index is -1.99. The van der Waals surface area contributed by atoms with Crippen LogP contribution in [0.2, 0.25) is 0 Å². The van der Waals surface area contributed by atoms with Crippen LogP contribution in [0.15, 0.2) is 102 Å². The van der Waals surface area contributed by atoms with Gasteiger partial charge in [-0.2, -0.15) is 0 Å². The molecule has 2 bridgehead atoms. The Labute approximate surface area is 345 Å². The summed E-state index contributed by atoms with van der Waals surface area (Å²) in [5, 5.41) is 16.8. The topological polar surface area (TPSA) is 155 Å². The highest BCUT2D eigenvalue weighted by molar-refractivity contribution is 5.95. The highest BCUT2D eigenvalue weighted by Crippen LogP contribution is 2.66. The molecule has 11 nitrogen and oxygen atoms in total. The van der Waals surface area contributed by atoms with Gasteiger partial charge in [0.05, 0.1) is 30.0 Å². The molecule has 3 aromatic rings. The zero-order valence-corrected chi connectivity index (χ0v) is 35.0. The summed E-state index contributed by atoms with van der Waals surface area (Å²) in [6, 6.07) is 25.5. The maximum Gasteiger partial charge on any atom is 0.338 e. The van der Waals surface area contributed by atoms with Crippen molar-refractivity contribution >= 4 is 29.6 Å². The lowest BCUT2D eigenvalue weighted by Gasteiger charge is -2.68. The van der Waals surface area contributed by atoms with Crippen molar-refractivity contribution in [2.45, 2.75) is 104 Å². The second kappa shape index (κ2) is 15.5. The smallest absolute Gasteiger partial charge is 0.338 e. The number of fused-ring (bicyclic) bond motifs is 5. The van der Waals surface area contributed by atoms with E-state index in [2.05, 4.69) is 5.32 Å². The molecule has 0 radical (unpaired) electrons. The van der Waals surface area contributed by atoms with Gasteiger partial charge >= 0.3 is 17.9 Å². The second-order valence-electron chi connectivity index (χ2n) is 17.8. The Morgan fingerprint density at radius 2 is 1.44 bits per heavy atom. The molecule has 7 rings (SSSR count). The molecule has 312 valence electrons. The Morgan fingerprint density at radius 1 is 0.864 bits per heavy atom. The average molecular weight is 806 g/mol. The third-order valence-electron chi connectivity index (χ3n) is 14.3. The number of esters is 3. The summed E-state index contributed by atoms with van der Waals surface area (Å²) in [4.78, 5) is 70.7. The van der Waals surface area contributed by atoms with E-state index >= 15 is 4.79 Å². The van der Waals surface area contributed by atoms with E-state index < -0.39 is 82.0 Å². The van der Waals surface area contributed by atoms with E-state index in [4.69, 9.17) is 18.9 Å². The molecule has 1 aliphatic heterocycles. The summed E-state index contributed by atoms with van der Waals surface area (Å²) in [7, 11) is 0. The van der Waals surface area contributed by atoms with Crippen molar-refractivity contribution in [1.82, 2.24) is 5.32 Å². The van der Waals surface area contributed by atoms with Crippen LogP contribution in [0.3, 0.4) is 0 Å². The summed E-state index contributed by atoms with van der Waals surface area (Å²) in [6.07, 6.45) is -2.96. The van der Waals surface area contributed by atoms with Gasteiger partial charge in [-0.15, -0.1) is 0 Å². The van der Waals surface area contributed by atoms with Gasteiger partial charge in [-0.25, -0.2) is 4.79 Å². The molecule has 1 amide bonds. The minimum absolute atomic E-state index is 0.0605. The number of aliphatic hydroxyl groups is 1. The highest BCUT2D eigenvalue weighted by atomic mass is 16.6. The van der Waals surface area contributed by atoms with E-state index in [1.54, 1.807) is 61.5 Å². The molecule has 1 heterocycles. The zero-order chi connectivity index (χ0) is 42.7. The molecule has 3 aliphatic carbocycles. The number of nitrogens with one attached hydrogen (secondary N) is 1. The van der Waals surface area contributed by atoms with Crippen LogP contribution in [0.4, 0.5) is 0 Å². The number of hydrogen-bond acceptors (Lipinski definition) is 10. The number of ketones is 1. The van der Waals surface area contributed by atoms with Crippen LogP contribution in [0.1, 0.15) is 101 Å². The van der Waals surface area contributed by atoms with Crippen molar-refractivity contribution in [2.75, 3.05) is 6.61 Å². The lowest BCUT2D eigenvalue weighted by molar-refractivity contribution is -0.339. The molecule has 11 heteroatoms. The Bertz CT molecular complexity index is 2150. The van der Waals surface area contributed by atoms with E-state index in [9.17, 15) is 24.3 Å².